The van der Waals surface area contributed by atoms with E-state index in [0.29, 0.717) is 12.0 Å². The van der Waals surface area contributed by atoms with Crippen molar-refractivity contribution in [1.29, 1.82) is 0 Å². The summed E-state index contributed by atoms with van der Waals surface area (Å²) in [6, 6.07) is 2.74. The highest BCUT2D eigenvalue weighted by molar-refractivity contribution is 9.10. The van der Waals surface area contributed by atoms with Gasteiger partial charge in [0.05, 0.1) is 0 Å². The summed E-state index contributed by atoms with van der Waals surface area (Å²) < 4.78 is 1.22. The van der Waals surface area contributed by atoms with Gasteiger partial charge >= 0.3 is 0 Å². The predicted molar refractivity (Wildman–Crippen MR) is 69.0 cm³/mol. The number of nitrogens with two attached hydrogens (primary N) is 1. The van der Waals surface area contributed by atoms with Gasteiger partial charge in [0.25, 0.3) is 0 Å². The largest absolute Gasteiger partial charge is 0.330 e. The first kappa shape index (κ1) is 11.6. The van der Waals surface area contributed by atoms with E-state index in [2.05, 4.69) is 32.7 Å². The molecule has 2 rings (SSSR count). The van der Waals surface area contributed by atoms with Crippen molar-refractivity contribution in [2.75, 3.05) is 6.54 Å². The van der Waals surface area contributed by atoms with Gasteiger partial charge in [0.15, 0.2) is 0 Å². The van der Waals surface area contributed by atoms with E-state index in [-0.39, 0.29) is 0 Å². The molecule has 1 heterocycles. The molecule has 1 aliphatic carbocycles. The molecule has 0 amide bonds. The van der Waals surface area contributed by atoms with E-state index in [1.165, 1.54) is 28.6 Å². The monoisotopic (exact) mass is 288 g/mol. The minimum atomic E-state index is 0.629. The average molecular weight is 289 g/mol. The lowest BCUT2D eigenvalue weighted by Gasteiger charge is -2.19. The maximum atomic E-state index is 5.76. The van der Waals surface area contributed by atoms with Crippen molar-refractivity contribution in [3.63, 3.8) is 0 Å². The highest BCUT2D eigenvalue weighted by atomic mass is 79.9. The molecule has 2 atom stereocenters. The molecule has 1 fully saturated rings. The maximum Gasteiger partial charge on any atom is 0.0327 e. The van der Waals surface area contributed by atoms with Gasteiger partial charge < -0.3 is 11.1 Å². The van der Waals surface area contributed by atoms with Gasteiger partial charge in [-0.05, 0) is 52.7 Å². The Bertz CT molecular complexity index is 313. The van der Waals surface area contributed by atoms with Gasteiger partial charge in [0.2, 0.25) is 0 Å². The SMILES string of the molecule is NCC1CCCC1NCc1sccc1Br. The molecule has 1 aliphatic rings. The van der Waals surface area contributed by atoms with Gasteiger partial charge in [0, 0.05) is 21.9 Å². The van der Waals surface area contributed by atoms with E-state index in [0.717, 1.165) is 13.1 Å². The Morgan fingerprint density at radius 2 is 2.40 bits per heavy atom. The third kappa shape index (κ3) is 2.81. The fraction of sp³-hybridized carbons (Fsp3) is 0.636. The Labute approximate surface area is 103 Å². The topological polar surface area (TPSA) is 38.0 Å². The first-order chi connectivity index (χ1) is 7.31. The Morgan fingerprint density at radius 1 is 1.53 bits per heavy atom. The highest BCUT2D eigenvalue weighted by Gasteiger charge is 2.25. The van der Waals surface area contributed by atoms with Crippen LogP contribution in [0.5, 0.6) is 0 Å². The van der Waals surface area contributed by atoms with Gasteiger partial charge in [-0.15, -0.1) is 11.3 Å². The van der Waals surface area contributed by atoms with Crippen molar-refractivity contribution in [2.24, 2.45) is 11.7 Å². The lowest BCUT2D eigenvalue weighted by Crippen LogP contribution is -2.35. The number of rotatable bonds is 4. The molecule has 0 bridgehead atoms. The molecule has 4 heteroatoms. The van der Waals surface area contributed by atoms with Gasteiger partial charge in [-0.3, -0.25) is 0 Å². The van der Waals surface area contributed by atoms with Crippen molar-refractivity contribution in [2.45, 2.75) is 31.8 Å². The van der Waals surface area contributed by atoms with E-state index < -0.39 is 0 Å². The minimum absolute atomic E-state index is 0.629. The zero-order chi connectivity index (χ0) is 10.7. The third-order valence-corrected chi connectivity index (χ3v) is 5.10. The van der Waals surface area contributed by atoms with Crippen molar-refractivity contribution in [3.05, 3.63) is 20.8 Å². The van der Waals surface area contributed by atoms with Crippen molar-refractivity contribution in [1.82, 2.24) is 5.32 Å². The Morgan fingerprint density at radius 3 is 3.07 bits per heavy atom. The molecule has 1 aromatic rings. The summed E-state index contributed by atoms with van der Waals surface area (Å²) in [5.41, 5.74) is 5.76. The van der Waals surface area contributed by atoms with Crippen LogP contribution in [0.4, 0.5) is 0 Å². The third-order valence-electron chi connectivity index (χ3n) is 3.18. The van der Waals surface area contributed by atoms with Gasteiger partial charge in [-0.25, -0.2) is 0 Å². The second-order valence-electron chi connectivity index (χ2n) is 4.11. The minimum Gasteiger partial charge on any atom is -0.330 e. The molecular formula is C11H17BrN2S. The number of hydrogen-bond acceptors (Lipinski definition) is 3. The van der Waals surface area contributed by atoms with Gasteiger partial charge in [-0.1, -0.05) is 6.42 Å². The summed E-state index contributed by atoms with van der Waals surface area (Å²) in [7, 11) is 0. The molecule has 0 aromatic carbocycles. The van der Waals surface area contributed by atoms with Crippen LogP contribution >= 0.6 is 27.3 Å². The molecule has 2 nitrogen and oxygen atoms in total. The molecule has 1 saturated carbocycles. The van der Waals surface area contributed by atoms with Gasteiger partial charge in [0.1, 0.15) is 0 Å². The van der Waals surface area contributed by atoms with Crippen LogP contribution in [-0.4, -0.2) is 12.6 Å². The van der Waals surface area contributed by atoms with Crippen LogP contribution in [0.2, 0.25) is 0 Å². The second kappa shape index (κ2) is 5.43. The van der Waals surface area contributed by atoms with E-state index in [9.17, 15) is 0 Å². The molecule has 15 heavy (non-hydrogen) atoms. The van der Waals surface area contributed by atoms with E-state index >= 15 is 0 Å². The summed E-state index contributed by atoms with van der Waals surface area (Å²) in [6.07, 6.45) is 3.90. The smallest absolute Gasteiger partial charge is 0.0327 e. The maximum absolute atomic E-state index is 5.76. The van der Waals surface area contributed by atoms with Crippen LogP contribution in [-0.2, 0) is 6.54 Å². The number of hydrogen-bond donors (Lipinski definition) is 2. The number of nitrogens with one attached hydrogen (secondary N) is 1. The normalized spacial score (nSPS) is 26.0. The van der Waals surface area contributed by atoms with E-state index in [1.807, 2.05) is 0 Å². The van der Waals surface area contributed by atoms with Crippen molar-refractivity contribution in [3.8, 4) is 0 Å². The lowest BCUT2D eigenvalue weighted by atomic mass is 10.0. The highest BCUT2D eigenvalue weighted by Crippen LogP contribution is 2.27. The Kier molecular flexibility index (Phi) is 4.20. The predicted octanol–water partition coefficient (Wildman–Crippen LogP) is 2.73. The van der Waals surface area contributed by atoms with Crippen molar-refractivity contribution >= 4 is 27.3 Å². The summed E-state index contributed by atoms with van der Waals surface area (Å²) in [5, 5.41) is 5.75. The fourth-order valence-corrected chi connectivity index (χ4v) is 3.71. The zero-order valence-corrected chi connectivity index (χ0v) is 11.1. The molecule has 2 unspecified atom stereocenters. The average Bonchev–Trinajstić information content (AvgIpc) is 2.83. The molecule has 0 saturated heterocycles. The zero-order valence-electron chi connectivity index (χ0n) is 8.71. The van der Waals surface area contributed by atoms with E-state index in [4.69, 9.17) is 5.73 Å². The molecule has 0 aliphatic heterocycles. The second-order valence-corrected chi connectivity index (χ2v) is 5.96. The Hall–Kier alpha value is 0.100. The van der Waals surface area contributed by atoms with Crippen LogP contribution in [0.25, 0.3) is 0 Å². The van der Waals surface area contributed by atoms with Crippen LogP contribution < -0.4 is 11.1 Å². The van der Waals surface area contributed by atoms with Gasteiger partial charge in [-0.2, -0.15) is 0 Å². The molecule has 84 valence electrons. The van der Waals surface area contributed by atoms with Crippen LogP contribution in [0.3, 0.4) is 0 Å². The van der Waals surface area contributed by atoms with Crippen LogP contribution in [0.1, 0.15) is 24.1 Å². The van der Waals surface area contributed by atoms with Crippen LogP contribution in [0.15, 0.2) is 15.9 Å². The summed E-state index contributed by atoms with van der Waals surface area (Å²) >= 11 is 5.35. The lowest BCUT2D eigenvalue weighted by molar-refractivity contribution is 0.407. The number of thiophene rings is 1. The summed E-state index contributed by atoms with van der Waals surface area (Å²) in [5.74, 6) is 0.684. The number of halogens is 1. The van der Waals surface area contributed by atoms with Crippen molar-refractivity contribution < 1.29 is 0 Å². The Balaban J connectivity index is 1.85. The molecule has 0 spiro atoms. The summed E-state index contributed by atoms with van der Waals surface area (Å²) in [4.78, 5) is 1.39. The molecular weight excluding hydrogens is 272 g/mol. The molecule has 3 N–H and O–H groups in total. The van der Waals surface area contributed by atoms with E-state index in [1.54, 1.807) is 11.3 Å². The standard InChI is InChI=1S/C11H17BrN2S/c12-9-4-5-15-11(9)7-14-10-3-1-2-8(10)6-13/h4-5,8,10,14H,1-3,6-7,13H2. The molecule has 0 radical (unpaired) electrons. The first-order valence-electron chi connectivity index (χ1n) is 5.46. The fourth-order valence-electron chi connectivity index (χ4n) is 2.26. The summed E-state index contributed by atoms with van der Waals surface area (Å²) in [6.45, 7) is 1.79. The first-order valence-corrected chi connectivity index (χ1v) is 7.14. The quantitative estimate of drug-likeness (QED) is 0.894. The molecule has 1 aromatic heterocycles. The van der Waals surface area contributed by atoms with Crippen LogP contribution in [0, 0.1) is 5.92 Å².